The second-order valence-corrected chi connectivity index (χ2v) is 8.65. The van der Waals surface area contributed by atoms with Gasteiger partial charge in [-0.3, -0.25) is 9.13 Å². The molecular formula is C10H24FNO6P2. The molecule has 10 heteroatoms. The first-order chi connectivity index (χ1) is 9.30. The molecule has 0 fully saturated rings. The fourth-order valence-corrected chi connectivity index (χ4v) is 6.09. The molecule has 0 unspecified atom stereocenters. The van der Waals surface area contributed by atoms with E-state index in [9.17, 15) is 13.5 Å². The van der Waals surface area contributed by atoms with E-state index in [0.29, 0.717) is 0 Å². The molecule has 20 heavy (non-hydrogen) atoms. The smallest absolute Gasteiger partial charge is 0.307 e. The van der Waals surface area contributed by atoms with Crippen LogP contribution in [0.3, 0.4) is 0 Å². The van der Waals surface area contributed by atoms with E-state index in [0.717, 1.165) is 0 Å². The molecule has 0 aliphatic rings. The Labute approximate surface area is 119 Å². The Morgan fingerprint density at radius 3 is 1.25 bits per heavy atom. The highest BCUT2D eigenvalue weighted by atomic mass is 31.2. The summed E-state index contributed by atoms with van der Waals surface area (Å²) < 4.78 is 59.0. The maximum Gasteiger partial charge on any atom is 0.365 e. The van der Waals surface area contributed by atoms with Gasteiger partial charge in [-0.05, 0) is 27.7 Å². The van der Waals surface area contributed by atoms with Gasteiger partial charge in [0.15, 0.2) is 0 Å². The van der Waals surface area contributed by atoms with Crippen molar-refractivity contribution in [2.75, 3.05) is 33.1 Å². The molecule has 0 saturated heterocycles. The average molecular weight is 335 g/mol. The number of nitrogens with two attached hydrogens (primary N) is 1. The van der Waals surface area contributed by atoms with Crippen molar-refractivity contribution in [3.8, 4) is 0 Å². The Kier molecular flexibility index (Phi) is 8.67. The first-order valence-corrected chi connectivity index (χ1v) is 9.52. The zero-order chi connectivity index (χ0) is 15.9. The van der Waals surface area contributed by atoms with E-state index >= 15 is 0 Å². The van der Waals surface area contributed by atoms with Crippen LogP contribution in [0.1, 0.15) is 27.7 Å². The predicted octanol–water partition coefficient (Wildman–Crippen LogP) is 3.10. The standard InChI is InChI=1S/C10H24FNO6P2/c1-5-15-19(13,16-6-2)10(12,9-11)20(14,17-7-3)18-8-4/h5-9,12H2,1-4H3. The van der Waals surface area contributed by atoms with E-state index in [1.165, 1.54) is 27.7 Å². The topological polar surface area (TPSA) is 97.1 Å². The molecule has 0 aliphatic carbocycles. The lowest BCUT2D eigenvalue weighted by Gasteiger charge is -2.37. The summed E-state index contributed by atoms with van der Waals surface area (Å²) in [4.78, 5) is 0. The summed E-state index contributed by atoms with van der Waals surface area (Å²) in [6.07, 6.45) is 0. The van der Waals surface area contributed by atoms with Crippen molar-refractivity contribution in [1.82, 2.24) is 0 Å². The highest BCUT2D eigenvalue weighted by molar-refractivity contribution is 7.74. The van der Waals surface area contributed by atoms with Crippen LogP contribution in [-0.2, 0) is 27.2 Å². The Morgan fingerprint density at radius 2 is 1.10 bits per heavy atom. The highest BCUT2D eigenvalue weighted by Crippen LogP contribution is 2.75. The molecule has 0 radical (unpaired) electrons. The summed E-state index contributed by atoms with van der Waals surface area (Å²) in [5.41, 5.74) is 5.80. The highest BCUT2D eigenvalue weighted by Gasteiger charge is 2.63. The number of alkyl halides is 1. The average Bonchev–Trinajstić information content (AvgIpc) is 2.38. The van der Waals surface area contributed by atoms with Crippen molar-refractivity contribution < 1.29 is 31.6 Å². The van der Waals surface area contributed by atoms with Gasteiger partial charge in [-0.15, -0.1) is 0 Å². The maximum absolute atomic E-state index is 13.5. The molecule has 0 atom stereocenters. The summed E-state index contributed by atoms with van der Waals surface area (Å²) in [5, 5.41) is -2.49. The molecule has 0 aromatic carbocycles. The minimum atomic E-state index is -4.23. The van der Waals surface area contributed by atoms with Crippen LogP contribution in [0.2, 0.25) is 0 Å². The molecule has 0 bridgehead atoms. The number of rotatable bonds is 11. The van der Waals surface area contributed by atoms with E-state index in [2.05, 4.69) is 0 Å². The van der Waals surface area contributed by atoms with Crippen LogP contribution in [0.15, 0.2) is 0 Å². The molecule has 0 saturated carbocycles. The fourth-order valence-electron chi connectivity index (χ4n) is 1.50. The first-order valence-electron chi connectivity index (χ1n) is 6.44. The van der Waals surface area contributed by atoms with Gasteiger partial charge in [-0.2, -0.15) is 0 Å². The Morgan fingerprint density at radius 1 is 0.850 bits per heavy atom. The van der Waals surface area contributed by atoms with E-state index in [4.69, 9.17) is 23.8 Å². The van der Waals surface area contributed by atoms with Gasteiger partial charge < -0.3 is 23.8 Å². The molecule has 0 rings (SSSR count). The van der Waals surface area contributed by atoms with Crippen LogP contribution < -0.4 is 5.73 Å². The molecule has 0 spiro atoms. The molecule has 0 aromatic heterocycles. The van der Waals surface area contributed by atoms with E-state index < -0.39 is 26.9 Å². The molecule has 0 heterocycles. The summed E-state index contributed by atoms with van der Waals surface area (Å²) in [7, 11) is -8.47. The quantitative estimate of drug-likeness (QED) is 0.579. The predicted molar refractivity (Wildman–Crippen MR) is 74.6 cm³/mol. The Bertz CT molecular complexity index is 331. The van der Waals surface area contributed by atoms with Gasteiger partial charge in [0.1, 0.15) is 6.67 Å². The molecule has 0 aromatic rings. The fraction of sp³-hybridized carbons (Fsp3) is 1.00. The normalized spacial score (nSPS) is 13.7. The molecule has 122 valence electrons. The third kappa shape index (κ3) is 3.89. The van der Waals surface area contributed by atoms with Gasteiger partial charge >= 0.3 is 15.2 Å². The van der Waals surface area contributed by atoms with Crippen molar-refractivity contribution in [3.05, 3.63) is 0 Å². The van der Waals surface area contributed by atoms with Gasteiger partial charge in [0, 0.05) is 0 Å². The first kappa shape index (κ1) is 20.2. The zero-order valence-corrected chi connectivity index (χ0v) is 14.1. The summed E-state index contributed by atoms with van der Waals surface area (Å²) >= 11 is 0. The minimum Gasteiger partial charge on any atom is -0.307 e. The van der Waals surface area contributed by atoms with Crippen molar-refractivity contribution >= 4 is 15.2 Å². The van der Waals surface area contributed by atoms with Crippen molar-refractivity contribution in [2.45, 2.75) is 32.7 Å². The number of hydrogen-bond donors (Lipinski definition) is 1. The van der Waals surface area contributed by atoms with Gasteiger partial charge in [-0.25, -0.2) is 4.39 Å². The Hall–Kier alpha value is 0.190. The van der Waals surface area contributed by atoms with Crippen LogP contribution in [0.25, 0.3) is 0 Å². The van der Waals surface area contributed by atoms with Crippen molar-refractivity contribution in [1.29, 1.82) is 0 Å². The lowest BCUT2D eigenvalue weighted by molar-refractivity contribution is 0.169. The monoisotopic (exact) mass is 335 g/mol. The molecule has 7 nitrogen and oxygen atoms in total. The van der Waals surface area contributed by atoms with Gasteiger partial charge in [-0.1, -0.05) is 0 Å². The van der Waals surface area contributed by atoms with Crippen LogP contribution in [0.5, 0.6) is 0 Å². The lowest BCUT2D eigenvalue weighted by Crippen LogP contribution is -2.44. The second kappa shape index (κ2) is 8.59. The largest absolute Gasteiger partial charge is 0.365 e. The SMILES string of the molecule is CCOP(=O)(OCC)C(N)(CF)P(=O)(OCC)OCC. The van der Waals surface area contributed by atoms with Crippen LogP contribution >= 0.6 is 15.2 Å². The van der Waals surface area contributed by atoms with Crippen LogP contribution in [0, 0.1) is 0 Å². The molecule has 2 N–H and O–H groups in total. The van der Waals surface area contributed by atoms with Gasteiger partial charge in [0.2, 0.25) is 5.02 Å². The maximum atomic E-state index is 13.5. The molecular weight excluding hydrogens is 311 g/mol. The molecule has 0 aliphatic heterocycles. The van der Waals surface area contributed by atoms with Gasteiger partial charge in [0.05, 0.1) is 26.4 Å². The number of halogens is 1. The summed E-state index contributed by atoms with van der Waals surface area (Å²) in [5.74, 6) is 0. The summed E-state index contributed by atoms with van der Waals surface area (Å²) in [6.45, 7) is 4.54. The Balaban J connectivity index is 5.83. The number of hydrogen-bond acceptors (Lipinski definition) is 7. The van der Waals surface area contributed by atoms with Crippen LogP contribution in [-0.4, -0.2) is 38.1 Å². The minimum absolute atomic E-state index is 0.0471. The molecule has 0 amide bonds. The second-order valence-electron chi connectivity index (χ2n) is 3.68. The van der Waals surface area contributed by atoms with Crippen molar-refractivity contribution in [3.63, 3.8) is 0 Å². The third-order valence-electron chi connectivity index (χ3n) is 2.34. The lowest BCUT2D eigenvalue weighted by atomic mass is 10.7. The van der Waals surface area contributed by atoms with E-state index in [1.54, 1.807) is 0 Å². The van der Waals surface area contributed by atoms with Crippen LogP contribution in [0.4, 0.5) is 4.39 Å². The van der Waals surface area contributed by atoms with Gasteiger partial charge in [0.25, 0.3) is 0 Å². The summed E-state index contributed by atoms with van der Waals surface area (Å²) in [6, 6.07) is 0. The van der Waals surface area contributed by atoms with E-state index in [-0.39, 0.29) is 26.4 Å². The van der Waals surface area contributed by atoms with Crippen molar-refractivity contribution in [2.24, 2.45) is 5.73 Å². The third-order valence-corrected chi connectivity index (χ3v) is 8.34. The zero-order valence-electron chi connectivity index (χ0n) is 12.3. The van der Waals surface area contributed by atoms with E-state index in [1.807, 2.05) is 0 Å².